The van der Waals surface area contributed by atoms with E-state index in [2.05, 4.69) is 10.6 Å². The molecule has 0 bridgehead atoms. The van der Waals surface area contributed by atoms with Gasteiger partial charge in [-0.05, 0) is 60.7 Å². The lowest BCUT2D eigenvalue weighted by Crippen LogP contribution is -2.37. The summed E-state index contributed by atoms with van der Waals surface area (Å²) in [6.45, 7) is 2.07. The van der Waals surface area contributed by atoms with Gasteiger partial charge in [0.1, 0.15) is 0 Å². The number of carbonyl (C=O) groups is 4. The normalized spacial score (nSPS) is 17.6. The Kier molecular flexibility index (Phi) is 6.07. The summed E-state index contributed by atoms with van der Waals surface area (Å²) >= 11 is 3.62. The third-order valence-electron chi connectivity index (χ3n) is 4.63. The van der Waals surface area contributed by atoms with Crippen LogP contribution in [-0.2, 0) is 9.59 Å². The van der Waals surface area contributed by atoms with Crippen LogP contribution in [0.2, 0.25) is 0 Å². The highest BCUT2D eigenvalue weighted by atomic mass is 32.2. The fourth-order valence-corrected chi connectivity index (χ4v) is 5.47. The van der Waals surface area contributed by atoms with Gasteiger partial charge in [0.15, 0.2) is 0 Å². The lowest BCUT2D eigenvalue weighted by Gasteiger charge is -2.12. The van der Waals surface area contributed by atoms with Crippen LogP contribution in [0.15, 0.2) is 28.5 Å². The molecule has 7 nitrogen and oxygen atoms in total. The summed E-state index contributed by atoms with van der Waals surface area (Å²) in [6, 6.07) is 5.54. The van der Waals surface area contributed by atoms with Crippen LogP contribution in [0.1, 0.15) is 33.0 Å². The molecule has 0 spiro atoms. The molecule has 2 fully saturated rings. The third-order valence-corrected chi connectivity index (χ3v) is 7.51. The van der Waals surface area contributed by atoms with E-state index in [1.165, 1.54) is 22.7 Å². The lowest BCUT2D eigenvalue weighted by molar-refractivity contribution is -0.122. The zero-order valence-electron chi connectivity index (χ0n) is 16.1. The summed E-state index contributed by atoms with van der Waals surface area (Å²) in [7, 11) is 0. The Labute approximate surface area is 185 Å². The molecule has 0 atom stereocenters. The maximum absolute atomic E-state index is 12.5. The van der Waals surface area contributed by atoms with Crippen molar-refractivity contribution in [3.8, 4) is 0 Å². The van der Waals surface area contributed by atoms with E-state index in [9.17, 15) is 19.2 Å². The van der Waals surface area contributed by atoms with Crippen molar-refractivity contribution in [2.75, 3.05) is 18.4 Å². The van der Waals surface area contributed by atoms with Gasteiger partial charge >= 0.3 is 0 Å². The summed E-state index contributed by atoms with van der Waals surface area (Å²) in [5.41, 5.74) is 0.772. The van der Waals surface area contributed by atoms with Crippen LogP contribution in [0.25, 0.3) is 6.08 Å². The SMILES string of the molecule is Cc1cc(NC(=O)C2CC2)sc1C(=O)NCCN1C(=O)S/C(=C\c2cccs2)C1=O. The summed E-state index contributed by atoms with van der Waals surface area (Å²) in [4.78, 5) is 52.0. The minimum Gasteiger partial charge on any atom is -0.350 e. The van der Waals surface area contributed by atoms with Gasteiger partial charge in [-0.1, -0.05) is 6.07 Å². The molecular weight excluding hydrogens is 442 g/mol. The average Bonchev–Trinajstić information content (AvgIpc) is 3.23. The Hall–Kier alpha value is -2.43. The largest absolute Gasteiger partial charge is 0.350 e. The van der Waals surface area contributed by atoms with E-state index < -0.39 is 0 Å². The molecule has 4 rings (SSSR count). The van der Waals surface area contributed by atoms with Gasteiger partial charge in [0.05, 0.1) is 14.8 Å². The van der Waals surface area contributed by atoms with Crippen LogP contribution in [0.5, 0.6) is 0 Å². The molecule has 2 N–H and O–H groups in total. The average molecular weight is 462 g/mol. The van der Waals surface area contributed by atoms with Crippen LogP contribution in [0, 0.1) is 12.8 Å². The molecule has 1 saturated carbocycles. The van der Waals surface area contributed by atoms with Crippen molar-refractivity contribution in [3.05, 3.63) is 43.8 Å². The van der Waals surface area contributed by atoms with Gasteiger partial charge in [-0.3, -0.25) is 24.1 Å². The Morgan fingerprint density at radius 3 is 2.80 bits per heavy atom. The molecule has 2 aromatic rings. The summed E-state index contributed by atoms with van der Waals surface area (Å²) < 4.78 is 0. The standard InChI is InChI=1S/C20H19N3O4S3/c1-11-9-15(22-17(24)12-4-5-12)30-16(11)18(25)21-6-7-23-19(26)14(29-20(23)27)10-13-3-2-8-28-13/h2-3,8-10,12H,4-7H2,1H3,(H,21,25)(H,22,24)/b14-10-. The second kappa shape index (κ2) is 8.75. The quantitative estimate of drug-likeness (QED) is 0.609. The highest BCUT2D eigenvalue weighted by molar-refractivity contribution is 8.18. The number of thioether (sulfide) groups is 1. The second-order valence-electron chi connectivity index (χ2n) is 6.99. The smallest absolute Gasteiger partial charge is 0.293 e. The molecule has 3 heterocycles. The van der Waals surface area contributed by atoms with Crippen molar-refractivity contribution >= 4 is 68.5 Å². The van der Waals surface area contributed by atoms with Gasteiger partial charge in [0.25, 0.3) is 17.1 Å². The van der Waals surface area contributed by atoms with E-state index >= 15 is 0 Å². The molecule has 156 valence electrons. The first kappa shape index (κ1) is 20.8. The van der Waals surface area contributed by atoms with Gasteiger partial charge in [-0.15, -0.1) is 22.7 Å². The fourth-order valence-electron chi connectivity index (χ4n) is 2.90. The van der Waals surface area contributed by atoms with Crippen molar-refractivity contribution in [3.63, 3.8) is 0 Å². The molecule has 4 amide bonds. The maximum atomic E-state index is 12.5. The number of anilines is 1. The Bertz CT molecular complexity index is 1040. The number of aryl methyl sites for hydroxylation is 1. The molecule has 1 aliphatic heterocycles. The maximum Gasteiger partial charge on any atom is 0.293 e. The number of nitrogens with one attached hydrogen (secondary N) is 2. The van der Waals surface area contributed by atoms with E-state index in [0.29, 0.717) is 14.8 Å². The van der Waals surface area contributed by atoms with Crippen LogP contribution in [0.4, 0.5) is 9.80 Å². The molecule has 1 aliphatic carbocycles. The molecule has 1 saturated heterocycles. The molecule has 0 aromatic carbocycles. The lowest BCUT2D eigenvalue weighted by atomic mass is 10.2. The second-order valence-corrected chi connectivity index (χ2v) is 10.0. The first-order valence-electron chi connectivity index (χ1n) is 9.41. The molecule has 30 heavy (non-hydrogen) atoms. The Morgan fingerprint density at radius 2 is 2.10 bits per heavy atom. The zero-order valence-corrected chi connectivity index (χ0v) is 18.5. The number of rotatable bonds is 7. The van der Waals surface area contributed by atoms with Gasteiger partial charge in [0, 0.05) is 23.9 Å². The van der Waals surface area contributed by atoms with Gasteiger partial charge in [-0.2, -0.15) is 0 Å². The summed E-state index contributed by atoms with van der Waals surface area (Å²) in [6.07, 6.45) is 3.54. The fraction of sp³-hybridized carbons (Fsp3) is 0.300. The first-order chi connectivity index (χ1) is 14.4. The van der Waals surface area contributed by atoms with Crippen molar-refractivity contribution in [1.82, 2.24) is 10.2 Å². The summed E-state index contributed by atoms with van der Waals surface area (Å²) in [5.74, 6) is -0.537. The van der Waals surface area contributed by atoms with Crippen molar-refractivity contribution in [2.45, 2.75) is 19.8 Å². The zero-order chi connectivity index (χ0) is 21.3. The van der Waals surface area contributed by atoms with Crippen LogP contribution in [-0.4, -0.2) is 41.0 Å². The predicted molar refractivity (Wildman–Crippen MR) is 120 cm³/mol. The van der Waals surface area contributed by atoms with Crippen LogP contribution in [0.3, 0.4) is 0 Å². The molecule has 0 radical (unpaired) electrons. The number of hydrogen-bond acceptors (Lipinski definition) is 7. The highest BCUT2D eigenvalue weighted by Crippen LogP contribution is 2.34. The molecule has 2 aromatic heterocycles. The van der Waals surface area contributed by atoms with E-state index in [1.807, 2.05) is 24.4 Å². The Morgan fingerprint density at radius 1 is 1.30 bits per heavy atom. The number of thiophene rings is 2. The van der Waals surface area contributed by atoms with Crippen molar-refractivity contribution < 1.29 is 19.2 Å². The van der Waals surface area contributed by atoms with E-state index in [4.69, 9.17) is 0 Å². The van der Waals surface area contributed by atoms with Crippen molar-refractivity contribution in [2.24, 2.45) is 5.92 Å². The highest BCUT2D eigenvalue weighted by Gasteiger charge is 2.35. The number of nitrogens with zero attached hydrogens (tertiary/aromatic N) is 1. The molecule has 2 aliphatic rings. The van der Waals surface area contributed by atoms with E-state index in [-0.39, 0.29) is 42.0 Å². The van der Waals surface area contributed by atoms with Crippen LogP contribution >= 0.6 is 34.4 Å². The molecular formula is C20H19N3O4S3. The minimum absolute atomic E-state index is 0.00169. The topological polar surface area (TPSA) is 95.6 Å². The van der Waals surface area contributed by atoms with Gasteiger partial charge < -0.3 is 10.6 Å². The van der Waals surface area contributed by atoms with Gasteiger partial charge in [-0.25, -0.2) is 0 Å². The van der Waals surface area contributed by atoms with E-state index in [1.54, 1.807) is 12.1 Å². The predicted octanol–water partition coefficient (Wildman–Crippen LogP) is 3.93. The van der Waals surface area contributed by atoms with Crippen LogP contribution < -0.4 is 10.6 Å². The first-order valence-corrected chi connectivity index (χ1v) is 11.9. The third kappa shape index (κ3) is 4.66. The Balaban J connectivity index is 1.31. The van der Waals surface area contributed by atoms with E-state index in [0.717, 1.165) is 39.9 Å². The number of amides is 4. The van der Waals surface area contributed by atoms with Crippen molar-refractivity contribution in [1.29, 1.82) is 0 Å². The number of hydrogen-bond donors (Lipinski definition) is 2. The number of carbonyl (C=O) groups excluding carboxylic acids is 4. The summed E-state index contributed by atoms with van der Waals surface area (Å²) in [5, 5.41) is 7.82. The number of imide groups is 1. The van der Waals surface area contributed by atoms with Gasteiger partial charge in [0.2, 0.25) is 5.91 Å². The molecule has 0 unspecified atom stereocenters. The minimum atomic E-state index is -0.343. The monoisotopic (exact) mass is 461 g/mol. The molecule has 10 heteroatoms.